The van der Waals surface area contributed by atoms with Gasteiger partial charge in [-0.05, 0) is 75.1 Å². The van der Waals surface area contributed by atoms with Crippen molar-refractivity contribution in [1.29, 1.82) is 0 Å². The molecule has 1 N–H and O–H groups in total. The Balaban J connectivity index is 2.07. The molecule has 0 fully saturated rings. The molecule has 0 bridgehead atoms. The number of benzene rings is 2. The minimum atomic E-state index is -0.554. The molecule has 0 aliphatic carbocycles. The number of carbonyl (C=O) groups is 1. The molecular formula is C19H23NO2. The first kappa shape index (κ1) is 16.1. The molecule has 22 heavy (non-hydrogen) atoms. The Morgan fingerprint density at radius 3 is 2.32 bits per heavy atom. The van der Waals surface area contributed by atoms with Crippen LogP contribution in [0.2, 0.25) is 0 Å². The number of nitrogens with one attached hydrogen (secondary N) is 1. The summed E-state index contributed by atoms with van der Waals surface area (Å²) < 4.78 is 5.81. The molecule has 0 aliphatic heterocycles. The molecule has 0 radical (unpaired) electrons. The van der Waals surface area contributed by atoms with Gasteiger partial charge in [-0.15, -0.1) is 0 Å². The molecule has 1 amide bonds. The van der Waals surface area contributed by atoms with Crippen molar-refractivity contribution >= 4 is 11.6 Å². The van der Waals surface area contributed by atoms with Crippen LogP contribution in [0.15, 0.2) is 36.4 Å². The van der Waals surface area contributed by atoms with Gasteiger partial charge in [-0.25, -0.2) is 0 Å². The number of ether oxygens (including phenoxy) is 1. The zero-order valence-corrected chi connectivity index (χ0v) is 13.9. The van der Waals surface area contributed by atoms with Crippen molar-refractivity contribution in [3.8, 4) is 5.75 Å². The predicted octanol–water partition coefficient (Wildman–Crippen LogP) is 4.33. The van der Waals surface area contributed by atoms with E-state index in [0.717, 1.165) is 33.7 Å². The second kappa shape index (κ2) is 6.65. The lowest BCUT2D eigenvalue weighted by Crippen LogP contribution is -2.30. The minimum absolute atomic E-state index is 0.147. The third-order valence-corrected chi connectivity index (χ3v) is 3.72. The molecule has 0 spiro atoms. The Labute approximate surface area is 132 Å². The van der Waals surface area contributed by atoms with Crippen LogP contribution in [-0.4, -0.2) is 12.0 Å². The second-order valence-electron chi connectivity index (χ2n) is 5.82. The highest BCUT2D eigenvalue weighted by molar-refractivity contribution is 5.94. The molecule has 0 heterocycles. The Bertz CT molecular complexity index is 672. The average molecular weight is 297 g/mol. The summed E-state index contributed by atoms with van der Waals surface area (Å²) in [4.78, 5) is 12.3. The Hall–Kier alpha value is -2.29. The molecule has 0 unspecified atom stereocenters. The summed E-state index contributed by atoms with van der Waals surface area (Å²) in [7, 11) is 0. The van der Waals surface area contributed by atoms with Crippen LogP contribution in [-0.2, 0) is 4.79 Å². The van der Waals surface area contributed by atoms with Gasteiger partial charge in [-0.1, -0.05) is 18.2 Å². The summed E-state index contributed by atoms with van der Waals surface area (Å²) in [5, 5.41) is 2.91. The zero-order valence-electron chi connectivity index (χ0n) is 13.9. The third kappa shape index (κ3) is 3.88. The van der Waals surface area contributed by atoms with E-state index in [9.17, 15) is 4.79 Å². The smallest absolute Gasteiger partial charge is 0.265 e. The summed E-state index contributed by atoms with van der Waals surface area (Å²) in [5.41, 5.74) is 5.27. The van der Waals surface area contributed by atoms with Crippen molar-refractivity contribution in [3.63, 3.8) is 0 Å². The first-order chi connectivity index (χ1) is 10.4. The van der Waals surface area contributed by atoms with Crippen LogP contribution in [0.4, 0.5) is 5.69 Å². The number of hydrogen-bond donors (Lipinski definition) is 1. The van der Waals surface area contributed by atoms with Crippen molar-refractivity contribution in [2.75, 3.05) is 5.32 Å². The Kier molecular flexibility index (Phi) is 4.86. The van der Waals surface area contributed by atoms with Gasteiger partial charge in [0.15, 0.2) is 6.10 Å². The van der Waals surface area contributed by atoms with Gasteiger partial charge < -0.3 is 10.1 Å². The van der Waals surface area contributed by atoms with Gasteiger partial charge >= 0.3 is 0 Å². The fourth-order valence-electron chi connectivity index (χ4n) is 2.39. The van der Waals surface area contributed by atoms with Crippen molar-refractivity contribution in [3.05, 3.63) is 58.7 Å². The molecule has 0 aliphatic rings. The van der Waals surface area contributed by atoms with Gasteiger partial charge in [-0.2, -0.15) is 0 Å². The maximum atomic E-state index is 12.3. The average Bonchev–Trinajstić information content (AvgIpc) is 2.42. The highest BCUT2D eigenvalue weighted by atomic mass is 16.5. The number of amides is 1. The first-order valence-electron chi connectivity index (χ1n) is 7.49. The monoisotopic (exact) mass is 297 g/mol. The SMILES string of the molecule is Cc1cc(C)cc(NC(=O)[C@H](C)Oc2cccc(C)c2C)c1. The van der Waals surface area contributed by atoms with Crippen LogP contribution >= 0.6 is 0 Å². The highest BCUT2D eigenvalue weighted by Crippen LogP contribution is 2.22. The van der Waals surface area contributed by atoms with E-state index in [0.29, 0.717) is 0 Å². The number of aryl methyl sites for hydroxylation is 3. The second-order valence-corrected chi connectivity index (χ2v) is 5.82. The molecule has 2 rings (SSSR count). The Morgan fingerprint density at radius 1 is 1.05 bits per heavy atom. The van der Waals surface area contributed by atoms with Crippen LogP contribution in [0.3, 0.4) is 0 Å². The molecule has 3 nitrogen and oxygen atoms in total. The summed E-state index contributed by atoms with van der Waals surface area (Å²) in [6.45, 7) is 9.82. The molecule has 116 valence electrons. The molecule has 3 heteroatoms. The molecule has 1 atom stereocenters. The van der Waals surface area contributed by atoms with Gasteiger partial charge in [0.2, 0.25) is 0 Å². The lowest BCUT2D eigenvalue weighted by Gasteiger charge is -2.17. The number of anilines is 1. The van der Waals surface area contributed by atoms with Crippen LogP contribution in [0.5, 0.6) is 5.75 Å². The number of rotatable bonds is 4. The number of carbonyl (C=O) groups excluding carboxylic acids is 1. The summed E-state index contributed by atoms with van der Waals surface area (Å²) in [6, 6.07) is 11.8. The molecule has 2 aromatic carbocycles. The van der Waals surface area contributed by atoms with E-state index in [4.69, 9.17) is 4.74 Å². The van der Waals surface area contributed by atoms with E-state index in [-0.39, 0.29) is 5.91 Å². The van der Waals surface area contributed by atoms with Crippen molar-refractivity contribution in [2.45, 2.75) is 40.7 Å². The van der Waals surface area contributed by atoms with Crippen LogP contribution in [0.25, 0.3) is 0 Å². The zero-order chi connectivity index (χ0) is 16.3. The van der Waals surface area contributed by atoms with E-state index in [1.807, 2.05) is 58.0 Å². The van der Waals surface area contributed by atoms with Crippen molar-refractivity contribution < 1.29 is 9.53 Å². The topological polar surface area (TPSA) is 38.3 Å². The largest absolute Gasteiger partial charge is 0.481 e. The summed E-state index contributed by atoms with van der Waals surface area (Å²) in [6.07, 6.45) is -0.554. The van der Waals surface area contributed by atoms with Crippen LogP contribution in [0, 0.1) is 27.7 Å². The van der Waals surface area contributed by atoms with E-state index in [1.165, 1.54) is 0 Å². The van der Waals surface area contributed by atoms with E-state index < -0.39 is 6.10 Å². The minimum Gasteiger partial charge on any atom is -0.481 e. The van der Waals surface area contributed by atoms with Gasteiger partial charge in [0.25, 0.3) is 5.91 Å². The molecule has 2 aromatic rings. The molecule has 0 aromatic heterocycles. The van der Waals surface area contributed by atoms with Crippen LogP contribution in [0.1, 0.15) is 29.2 Å². The van der Waals surface area contributed by atoms with Crippen molar-refractivity contribution in [1.82, 2.24) is 0 Å². The predicted molar refractivity (Wildman–Crippen MR) is 90.6 cm³/mol. The standard InChI is InChI=1S/C19H23NO2/c1-12-9-13(2)11-17(10-12)20-19(21)16(5)22-18-8-6-7-14(3)15(18)4/h6-11,16H,1-5H3,(H,20,21)/t16-/m0/s1. The quantitative estimate of drug-likeness (QED) is 0.912. The first-order valence-corrected chi connectivity index (χ1v) is 7.49. The van der Waals surface area contributed by atoms with E-state index in [1.54, 1.807) is 6.92 Å². The van der Waals surface area contributed by atoms with Crippen molar-refractivity contribution in [2.24, 2.45) is 0 Å². The highest BCUT2D eigenvalue weighted by Gasteiger charge is 2.16. The lowest BCUT2D eigenvalue weighted by molar-refractivity contribution is -0.122. The van der Waals surface area contributed by atoms with Gasteiger partial charge in [0.1, 0.15) is 5.75 Å². The van der Waals surface area contributed by atoms with Gasteiger partial charge in [-0.3, -0.25) is 4.79 Å². The summed E-state index contributed by atoms with van der Waals surface area (Å²) in [5.74, 6) is 0.606. The fraction of sp³-hybridized carbons (Fsp3) is 0.316. The molecule has 0 saturated heterocycles. The van der Waals surface area contributed by atoms with Crippen LogP contribution < -0.4 is 10.1 Å². The molecule has 0 saturated carbocycles. The summed E-state index contributed by atoms with van der Waals surface area (Å²) >= 11 is 0. The number of hydrogen-bond acceptors (Lipinski definition) is 2. The maximum absolute atomic E-state index is 12.3. The lowest BCUT2D eigenvalue weighted by atomic mass is 10.1. The third-order valence-electron chi connectivity index (χ3n) is 3.72. The normalized spacial score (nSPS) is 11.9. The Morgan fingerprint density at radius 2 is 1.68 bits per heavy atom. The fourth-order valence-corrected chi connectivity index (χ4v) is 2.39. The van der Waals surface area contributed by atoms with Gasteiger partial charge in [0.05, 0.1) is 0 Å². The van der Waals surface area contributed by atoms with E-state index in [2.05, 4.69) is 11.4 Å². The van der Waals surface area contributed by atoms with E-state index >= 15 is 0 Å². The molecular weight excluding hydrogens is 274 g/mol. The van der Waals surface area contributed by atoms with Gasteiger partial charge in [0, 0.05) is 5.69 Å². The maximum Gasteiger partial charge on any atom is 0.265 e.